The fraction of sp³-hybridized carbons (Fsp3) is 0.133. The Morgan fingerprint density at radius 1 is 1.20 bits per heavy atom. The van der Waals surface area contributed by atoms with Gasteiger partial charge in [0.15, 0.2) is 5.78 Å². The summed E-state index contributed by atoms with van der Waals surface area (Å²) in [5, 5.41) is 0.585. The lowest BCUT2D eigenvalue weighted by Gasteiger charge is -2.09. The van der Waals surface area contributed by atoms with Gasteiger partial charge in [0.2, 0.25) is 0 Å². The zero-order valence-electron chi connectivity index (χ0n) is 10.6. The topological polar surface area (TPSA) is 26.3 Å². The van der Waals surface area contributed by atoms with Gasteiger partial charge in [0.1, 0.15) is 5.75 Å². The molecule has 0 saturated heterocycles. The fourth-order valence-corrected chi connectivity index (χ4v) is 2.73. The smallest absolute Gasteiger partial charge is 0.167 e. The molecule has 0 aromatic heterocycles. The van der Waals surface area contributed by atoms with Crippen LogP contribution in [0.1, 0.15) is 15.9 Å². The van der Waals surface area contributed by atoms with Crippen molar-refractivity contribution >= 4 is 49.2 Å². The van der Waals surface area contributed by atoms with Crippen LogP contribution in [-0.4, -0.2) is 12.9 Å². The molecule has 104 valence electrons. The number of halogens is 3. The molecule has 0 saturated carbocycles. The van der Waals surface area contributed by atoms with Gasteiger partial charge in [-0.05, 0) is 52.3 Å². The number of carbonyl (C=O) groups is 1. The Hall–Kier alpha value is -0.840. The first-order valence-electron chi connectivity index (χ1n) is 5.82. The van der Waals surface area contributed by atoms with E-state index < -0.39 is 0 Å². The van der Waals surface area contributed by atoms with Gasteiger partial charge in [-0.1, -0.05) is 27.5 Å². The van der Waals surface area contributed by atoms with E-state index in [1.54, 1.807) is 25.3 Å². The second-order valence-electron chi connectivity index (χ2n) is 4.19. The van der Waals surface area contributed by atoms with E-state index in [4.69, 9.17) is 16.3 Å². The van der Waals surface area contributed by atoms with Crippen molar-refractivity contribution < 1.29 is 9.53 Å². The van der Waals surface area contributed by atoms with E-state index in [0.29, 0.717) is 20.8 Å². The molecule has 0 aliphatic carbocycles. The van der Waals surface area contributed by atoms with E-state index in [2.05, 4.69) is 31.9 Å². The van der Waals surface area contributed by atoms with E-state index in [1.807, 2.05) is 18.2 Å². The van der Waals surface area contributed by atoms with E-state index >= 15 is 0 Å². The summed E-state index contributed by atoms with van der Waals surface area (Å²) in [7, 11) is 1.59. The highest BCUT2D eigenvalue weighted by atomic mass is 79.9. The third kappa shape index (κ3) is 3.62. The molecule has 0 unspecified atom stereocenters. The first kappa shape index (κ1) is 15.5. The zero-order chi connectivity index (χ0) is 14.7. The molecular weight excluding hydrogens is 407 g/mol. The molecule has 2 rings (SSSR count). The minimum absolute atomic E-state index is 0.0127. The third-order valence-corrected chi connectivity index (χ3v) is 4.54. The Morgan fingerprint density at radius 2 is 1.95 bits per heavy atom. The number of ether oxygens (including phenoxy) is 1. The quantitative estimate of drug-likeness (QED) is 0.630. The van der Waals surface area contributed by atoms with Crippen molar-refractivity contribution in [2.75, 3.05) is 7.11 Å². The summed E-state index contributed by atoms with van der Waals surface area (Å²) in [5.74, 6) is 0.716. The number of benzene rings is 2. The van der Waals surface area contributed by atoms with Crippen molar-refractivity contribution in [3.05, 3.63) is 61.5 Å². The maximum atomic E-state index is 12.3. The Balaban J connectivity index is 2.27. The predicted octanol–water partition coefficient (Wildman–Crippen LogP) is 5.30. The van der Waals surface area contributed by atoms with Crippen LogP contribution in [0.2, 0.25) is 5.02 Å². The van der Waals surface area contributed by atoms with Crippen LogP contribution in [0.3, 0.4) is 0 Å². The van der Waals surface area contributed by atoms with Crippen LogP contribution in [0.4, 0.5) is 0 Å². The monoisotopic (exact) mass is 416 g/mol. The van der Waals surface area contributed by atoms with Crippen LogP contribution in [0.5, 0.6) is 5.75 Å². The largest absolute Gasteiger partial charge is 0.496 e. The van der Waals surface area contributed by atoms with Crippen LogP contribution in [0.25, 0.3) is 0 Å². The first-order chi connectivity index (χ1) is 9.51. The van der Waals surface area contributed by atoms with Crippen LogP contribution in [0.15, 0.2) is 45.3 Å². The molecule has 5 heteroatoms. The molecule has 20 heavy (non-hydrogen) atoms. The summed E-state index contributed by atoms with van der Waals surface area (Å²) in [6.07, 6.45) is 0.274. The average molecular weight is 419 g/mol. The van der Waals surface area contributed by atoms with E-state index in [-0.39, 0.29) is 12.2 Å². The maximum absolute atomic E-state index is 12.3. The zero-order valence-corrected chi connectivity index (χ0v) is 14.5. The van der Waals surface area contributed by atoms with E-state index in [0.717, 1.165) is 10.0 Å². The highest BCUT2D eigenvalue weighted by molar-refractivity contribution is 9.10. The van der Waals surface area contributed by atoms with Crippen molar-refractivity contribution in [1.29, 1.82) is 0 Å². The van der Waals surface area contributed by atoms with Gasteiger partial charge in [-0.2, -0.15) is 0 Å². The van der Waals surface area contributed by atoms with Crippen LogP contribution in [-0.2, 0) is 6.42 Å². The van der Waals surface area contributed by atoms with Gasteiger partial charge in [-0.3, -0.25) is 4.79 Å². The molecule has 0 radical (unpaired) electrons. The highest BCUT2D eigenvalue weighted by Gasteiger charge is 2.12. The molecule has 0 atom stereocenters. The lowest BCUT2D eigenvalue weighted by Crippen LogP contribution is -2.05. The van der Waals surface area contributed by atoms with Gasteiger partial charge < -0.3 is 4.74 Å². The number of methoxy groups -OCH3 is 1. The average Bonchev–Trinajstić information content (AvgIpc) is 2.42. The van der Waals surface area contributed by atoms with Crippen LogP contribution < -0.4 is 4.74 Å². The maximum Gasteiger partial charge on any atom is 0.167 e. The van der Waals surface area contributed by atoms with Gasteiger partial charge in [0.05, 0.1) is 12.1 Å². The number of hydrogen-bond donors (Lipinski definition) is 0. The van der Waals surface area contributed by atoms with Gasteiger partial charge >= 0.3 is 0 Å². The Morgan fingerprint density at radius 3 is 2.60 bits per heavy atom. The summed E-state index contributed by atoms with van der Waals surface area (Å²) < 4.78 is 6.91. The minimum Gasteiger partial charge on any atom is -0.496 e. The van der Waals surface area contributed by atoms with Crippen LogP contribution >= 0.6 is 43.5 Å². The number of ketones is 1. The molecule has 2 aromatic carbocycles. The molecular formula is C15H11Br2ClO2. The highest BCUT2D eigenvalue weighted by Crippen LogP contribution is 2.27. The SMILES string of the molecule is COc1ccc(Br)cc1CC(=O)c1ccc(Cl)c(Br)c1. The van der Waals surface area contributed by atoms with Crippen molar-refractivity contribution in [3.8, 4) is 5.75 Å². The molecule has 0 spiro atoms. The second-order valence-corrected chi connectivity index (χ2v) is 6.36. The number of carbonyl (C=O) groups excluding carboxylic acids is 1. The predicted molar refractivity (Wildman–Crippen MR) is 87.9 cm³/mol. The van der Waals surface area contributed by atoms with E-state index in [9.17, 15) is 4.79 Å². The Labute approximate surface area is 139 Å². The number of hydrogen-bond acceptors (Lipinski definition) is 2. The molecule has 0 aliphatic heterocycles. The lowest BCUT2D eigenvalue weighted by molar-refractivity contribution is 0.0992. The number of rotatable bonds is 4. The molecule has 0 N–H and O–H groups in total. The molecule has 0 aliphatic rings. The lowest BCUT2D eigenvalue weighted by atomic mass is 10.0. The Bertz CT molecular complexity index is 656. The van der Waals surface area contributed by atoms with Gasteiger partial charge in [-0.25, -0.2) is 0 Å². The number of Topliss-reactive ketones (excluding diaryl/α,β-unsaturated/α-hetero) is 1. The van der Waals surface area contributed by atoms with Crippen molar-refractivity contribution in [3.63, 3.8) is 0 Å². The van der Waals surface area contributed by atoms with Crippen LogP contribution in [0, 0.1) is 0 Å². The van der Waals surface area contributed by atoms with Crippen molar-refractivity contribution in [1.82, 2.24) is 0 Å². The molecule has 0 heterocycles. The summed E-state index contributed by atoms with van der Waals surface area (Å²) in [6, 6.07) is 10.8. The Kier molecular flexibility index (Phi) is 5.24. The van der Waals surface area contributed by atoms with Gasteiger partial charge in [-0.15, -0.1) is 0 Å². The summed E-state index contributed by atoms with van der Waals surface area (Å²) in [6.45, 7) is 0. The van der Waals surface area contributed by atoms with Gasteiger partial charge in [0.25, 0.3) is 0 Å². The molecule has 0 fully saturated rings. The summed E-state index contributed by atoms with van der Waals surface area (Å²) in [4.78, 5) is 12.3. The molecule has 0 bridgehead atoms. The fourth-order valence-electron chi connectivity index (χ4n) is 1.83. The first-order valence-corrected chi connectivity index (χ1v) is 7.78. The minimum atomic E-state index is 0.0127. The summed E-state index contributed by atoms with van der Waals surface area (Å²) in [5.41, 5.74) is 1.46. The van der Waals surface area contributed by atoms with Gasteiger partial charge in [0, 0.05) is 26.5 Å². The van der Waals surface area contributed by atoms with Crippen molar-refractivity contribution in [2.24, 2.45) is 0 Å². The van der Waals surface area contributed by atoms with E-state index in [1.165, 1.54) is 0 Å². The summed E-state index contributed by atoms with van der Waals surface area (Å²) >= 11 is 12.7. The molecule has 2 nitrogen and oxygen atoms in total. The third-order valence-electron chi connectivity index (χ3n) is 2.84. The van der Waals surface area contributed by atoms with Crippen molar-refractivity contribution in [2.45, 2.75) is 6.42 Å². The standard InChI is InChI=1S/C15H11Br2ClO2/c1-20-15-5-3-11(16)6-10(15)8-14(19)9-2-4-13(18)12(17)7-9/h2-7H,8H2,1H3. The normalized spacial score (nSPS) is 10.4. The molecule has 2 aromatic rings. The second kappa shape index (κ2) is 6.74. The molecule has 0 amide bonds.